The van der Waals surface area contributed by atoms with Crippen molar-refractivity contribution in [1.29, 1.82) is 0 Å². The van der Waals surface area contributed by atoms with Crippen LogP contribution in [0.5, 0.6) is 5.88 Å². The van der Waals surface area contributed by atoms with Crippen molar-refractivity contribution in [3.05, 3.63) is 124 Å². The third-order valence-electron chi connectivity index (χ3n) is 8.49. The van der Waals surface area contributed by atoms with E-state index in [0.717, 1.165) is 20.9 Å². The molecular weight excluding hydrogens is 654 g/mol. The minimum absolute atomic E-state index is 0.0294. The SMILES string of the molecule is Nc1ncnc2c1ncn2[C@@H]1O[C@H](CCn2c(O)c(Cc3ccccc3)n(Cc3ccccc3Sc3ccc(Cl)cc3)c2=O)C(O)[C@H]1O. The number of rotatable bonds is 10. The van der Waals surface area contributed by atoms with Gasteiger partial charge < -0.3 is 25.8 Å². The molecule has 12 nitrogen and oxygen atoms in total. The molecule has 4 heterocycles. The maximum Gasteiger partial charge on any atom is 0.331 e. The van der Waals surface area contributed by atoms with E-state index in [2.05, 4.69) is 15.0 Å². The van der Waals surface area contributed by atoms with E-state index in [9.17, 15) is 20.1 Å². The highest BCUT2D eigenvalue weighted by molar-refractivity contribution is 7.99. The van der Waals surface area contributed by atoms with Gasteiger partial charge in [-0.2, -0.15) is 0 Å². The van der Waals surface area contributed by atoms with Gasteiger partial charge in [0.25, 0.3) is 0 Å². The summed E-state index contributed by atoms with van der Waals surface area (Å²) >= 11 is 7.65. The quantitative estimate of drug-likeness (QED) is 0.164. The fourth-order valence-electron chi connectivity index (χ4n) is 6.00. The Balaban J connectivity index is 1.17. The van der Waals surface area contributed by atoms with Gasteiger partial charge >= 0.3 is 5.69 Å². The van der Waals surface area contributed by atoms with Crippen LogP contribution in [-0.2, 0) is 24.2 Å². The number of nitrogens with zero attached hydrogens (tertiary/aromatic N) is 6. The Kier molecular flexibility index (Phi) is 8.94. The lowest BCUT2D eigenvalue weighted by Crippen LogP contribution is -2.33. The molecule has 0 bridgehead atoms. The van der Waals surface area contributed by atoms with Crippen molar-refractivity contribution in [2.75, 3.05) is 5.73 Å². The first-order valence-corrected chi connectivity index (χ1v) is 16.5. The zero-order valence-electron chi connectivity index (χ0n) is 25.5. The van der Waals surface area contributed by atoms with Gasteiger partial charge in [-0.05, 0) is 47.9 Å². The number of hydrogen-bond donors (Lipinski definition) is 4. The van der Waals surface area contributed by atoms with Crippen molar-refractivity contribution in [1.82, 2.24) is 28.7 Å². The molecule has 6 aromatic rings. The molecule has 4 atom stereocenters. The lowest BCUT2D eigenvalue weighted by atomic mass is 10.1. The van der Waals surface area contributed by atoms with Crippen LogP contribution in [0.2, 0.25) is 5.02 Å². The lowest BCUT2D eigenvalue weighted by Gasteiger charge is -2.16. The minimum Gasteiger partial charge on any atom is -0.493 e. The van der Waals surface area contributed by atoms with Gasteiger partial charge in [-0.15, -0.1) is 0 Å². The summed E-state index contributed by atoms with van der Waals surface area (Å²) in [5.41, 5.74) is 8.52. The van der Waals surface area contributed by atoms with Crippen LogP contribution in [0.25, 0.3) is 11.2 Å². The lowest BCUT2D eigenvalue weighted by molar-refractivity contribution is -0.0380. The largest absolute Gasteiger partial charge is 0.493 e. The maximum atomic E-state index is 14.0. The molecular formula is C34H32ClN7O5S. The van der Waals surface area contributed by atoms with Gasteiger partial charge in [0.1, 0.15) is 24.1 Å². The van der Waals surface area contributed by atoms with Gasteiger partial charge in [0.05, 0.1) is 24.7 Å². The molecule has 1 unspecified atom stereocenters. The molecule has 14 heteroatoms. The summed E-state index contributed by atoms with van der Waals surface area (Å²) < 4.78 is 10.5. The second-order valence-electron chi connectivity index (χ2n) is 11.5. The summed E-state index contributed by atoms with van der Waals surface area (Å²) in [4.78, 5) is 28.4. The highest BCUT2D eigenvalue weighted by Crippen LogP contribution is 2.35. The maximum absolute atomic E-state index is 14.0. The summed E-state index contributed by atoms with van der Waals surface area (Å²) in [5.74, 6) is 0.0178. The number of nitrogen functional groups attached to an aromatic ring is 1. The zero-order valence-corrected chi connectivity index (χ0v) is 27.1. The van der Waals surface area contributed by atoms with E-state index in [1.54, 1.807) is 16.3 Å². The molecule has 0 amide bonds. The monoisotopic (exact) mass is 685 g/mol. The van der Waals surface area contributed by atoms with Crippen LogP contribution in [0.4, 0.5) is 5.82 Å². The molecule has 1 saturated heterocycles. The summed E-state index contributed by atoms with van der Waals surface area (Å²) in [5, 5.41) is 34.1. The van der Waals surface area contributed by atoms with Crippen molar-refractivity contribution >= 4 is 40.3 Å². The van der Waals surface area contributed by atoms with Crippen LogP contribution >= 0.6 is 23.4 Å². The fourth-order valence-corrected chi connectivity index (χ4v) is 7.06. The van der Waals surface area contributed by atoms with Crippen molar-refractivity contribution in [2.45, 2.75) is 60.3 Å². The normalized spacial score (nSPS) is 19.3. The molecule has 0 spiro atoms. The van der Waals surface area contributed by atoms with Crippen LogP contribution in [0.15, 0.2) is 106 Å². The number of imidazole rings is 2. The Labute approximate surface area is 284 Å². The second-order valence-corrected chi connectivity index (χ2v) is 13.1. The molecule has 5 N–H and O–H groups in total. The first-order valence-electron chi connectivity index (χ1n) is 15.3. The first-order chi connectivity index (χ1) is 23.3. The Morgan fingerprint density at radius 2 is 1.67 bits per heavy atom. The second kappa shape index (κ2) is 13.5. The number of aliphatic hydroxyl groups is 2. The van der Waals surface area contributed by atoms with E-state index in [0.29, 0.717) is 28.3 Å². The summed E-state index contributed by atoms with van der Waals surface area (Å²) in [6.45, 7) is 0.252. The number of hydrogen-bond acceptors (Lipinski definition) is 10. The summed E-state index contributed by atoms with van der Waals surface area (Å²) in [6, 6.07) is 25.0. The molecule has 3 aromatic heterocycles. The Bertz CT molecular complexity index is 2120. The first kappa shape index (κ1) is 31.9. The average molecular weight is 686 g/mol. The Morgan fingerprint density at radius 3 is 2.46 bits per heavy atom. The van der Waals surface area contributed by atoms with Crippen molar-refractivity contribution in [3.8, 4) is 5.88 Å². The number of nitrogens with two attached hydrogens (primary N) is 1. The van der Waals surface area contributed by atoms with Gasteiger partial charge in [0, 0.05) is 27.8 Å². The van der Waals surface area contributed by atoms with E-state index < -0.39 is 30.2 Å². The highest BCUT2D eigenvalue weighted by atomic mass is 35.5. The van der Waals surface area contributed by atoms with Gasteiger partial charge in [0.2, 0.25) is 5.88 Å². The zero-order chi connectivity index (χ0) is 33.4. The standard InChI is InChI=1S/C34H32ClN7O5S/c35-22-10-12-23(13-11-22)48-26-9-5-4-8-21(26)17-41-24(16-20-6-2-1-3-7-20)32(45)40(34(41)46)15-14-25-28(43)29(44)33(47-25)42-19-39-27-30(36)37-18-38-31(27)42/h1-13,18-19,25,28-29,33,43-45H,14-17H2,(H2,36,37,38)/t25-,28?,29-,33-/m1/s1. The molecule has 246 valence electrons. The molecule has 0 radical (unpaired) electrons. The van der Waals surface area contributed by atoms with Crippen molar-refractivity contribution in [3.63, 3.8) is 0 Å². The van der Waals surface area contributed by atoms with Gasteiger partial charge in [-0.3, -0.25) is 13.7 Å². The number of anilines is 1. The summed E-state index contributed by atoms with van der Waals surface area (Å²) in [7, 11) is 0. The van der Waals surface area contributed by atoms with Crippen LogP contribution in [0.3, 0.4) is 0 Å². The minimum atomic E-state index is -1.30. The summed E-state index contributed by atoms with van der Waals surface area (Å²) in [6.07, 6.45) is -1.27. The number of ether oxygens (including phenoxy) is 1. The van der Waals surface area contributed by atoms with Crippen molar-refractivity contribution < 1.29 is 20.1 Å². The van der Waals surface area contributed by atoms with E-state index in [-0.39, 0.29) is 31.2 Å². The molecule has 1 fully saturated rings. The Morgan fingerprint density at radius 1 is 0.917 bits per heavy atom. The topological polar surface area (TPSA) is 166 Å². The third kappa shape index (κ3) is 6.18. The van der Waals surface area contributed by atoms with Crippen LogP contribution < -0.4 is 11.4 Å². The number of halogens is 1. The predicted molar refractivity (Wildman–Crippen MR) is 181 cm³/mol. The number of aromatic nitrogens is 6. The van der Waals surface area contributed by atoms with Crippen LogP contribution in [0, 0.1) is 0 Å². The number of aromatic hydroxyl groups is 1. The Hall–Kier alpha value is -4.66. The van der Waals surface area contributed by atoms with Gasteiger partial charge in [-0.1, -0.05) is 71.9 Å². The van der Waals surface area contributed by atoms with Crippen LogP contribution in [0.1, 0.15) is 29.5 Å². The third-order valence-corrected chi connectivity index (χ3v) is 9.87. The molecule has 3 aromatic carbocycles. The smallest absolute Gasteiger partial charge is 0.331 e. The number of fused-ring (bicyclic) bond motifs is 1. The van der Waals surface area contributed by atoms with E-state index >= 15 is 0 Å². The molecule has 1 aliphatic heterocycles. The molecule has 48 heavy (non-hydrogen) atoms. The predicted octanol–water partition coefficient (Wildman–Crippen LogP) is 4.23. The highest BCUT2D eigenvalue weighted by Gasteiger charge is 2.44. The number of benzene rings is 3. The van der Waals surface area contributed by atoms with E-state index in [4.69, 9.17) is 22.1 Å². The molecule has 1 aliphatic rings. The molecule has 7 rings (SSSR count). The fraction of sp³-hybridized carbons (Fsp3) is 0.235. The van der Waals surface area contributed by atoms with Crippen molar-refractivity contribution in [2.24, 2.45) is 0 Å². The average Bonchev–Trinajstić information content (AvgIpc) is 3.71. The van der Waals surface area contributed by atoms with Gasteiger partial charge in [-0.25, -0.2) is 19.7 Å². The van der Waals surface area contributed by atoms with E-state index in [1.165, 1.54) is 21.8 Å². The molecule has 0 saturated carbocycles. The molecule has 0 aliphatic carbocycles. The van der Waals surface area contributed by atoms with Crippen LogP contribution in [-0.4, -0.2) is 62.3 Å². The van der Waals surface area contributed by atoms with Gasteiger partial charge in [0.15, 0.2) is 17.7 Å². The van der Waals surface area contributed by atoms with E-state index in [1.807, 2.05) is 78.9 Å². The number of aliphatic hydroxyl groups excluding tert-OH is 2.